The van der Waals surface area contributed by atoms with Crippen LogP contribution in [0.4, 0.5) is 4.79 Å². The summed E-state index contributed by atoms with van der Waals surface area (Å²) < 4.78 is 5.84. The lowest BCUT2D eigenvalue weighted by molar-refractivity contribution is 0.0591. The van der Waals surface area contributed by atoms with Crippen molar-refractivity contribution in [1.29, 1.82) is 0 Å². The van der Waals surface area contributed by atoms with E-state index in [1.165, 1.54) is 25.7 Å². The van der Waals surface area contributed by atoms with E-state index in [1.807, 2.05) is 12.4 Å². The molecule has 6 nitrogen and oxygen atoms in total. The van der Waals surface area contributed by atoms with Gasteiger partial charge >= 0.3 is 6.03 Å². The number of amides is 2. The van der Waals surface area contributed by atoms with E-state index < -0.39 is 0 Å². The van der Waals surface area contributed by atoms with Crippen molar-refractivity contribution < 1.29 is 9.53 Å². The minimum atomic E-state index is -0.236. The van der Waals surface area contributed by atoms with Crippen LogP contribution in [0, 0.1) is 5.92 Å². The molecule has 0 radical (unpaired) electrons. The first kappa shape index (κ1) is 15.8. The summed E-state index contributed by atoms with van der Waals surface area (Å²) in [6.45, 7) is 3.43. The van der Waals surface area contributed by atoms with Crippen LogP contribution in [-0.2, 0) is 11.2 Å². The van der Waals surface area contributed by atoms with E-state index in [0.717, 1.165) is 30.8 Å². The van der Waals surface area contributed by atoms with Gasteiger partial charge in [0.25, 0.3) is 0 Å². The molecule has 3 fully saturated rings. The first-order chi connectivity index (χ1) is 11.6. The molecule has 2 amide bonds. The number of carbonyl (C=O) groups is 1. The van der Waals surface area contributed by atoms with E-state index in [1.54, 1.807) is 0 Å². The molecule has 1 aromatic rings. The second-order valence-electron chi connectivity index (χ2n) is 7.65. The maximum absolute atomic E-state index is 12.2. The molecular formula is C18H26N4O2. The van der Waals surface area contributed by atoms with E-state index in [9.17, 15) is 4.79 Å². The fraction of sp³-hybridized carbons (Fsp3) is 0.722. The smallest absolute Gasteiger partial charge is 0.315 e. The standard InChI is InChI=1S/C18H26N4O2/c1-18(7-9-24-15(18)13-2-3-13)22-17(23)19-8-6-12-10-20-16(21-11-12)14-4-5-14/h10-11,13-15H,2-9H2,1H3,(H2,19,22,23)/t15-,18-/m0/s1. The Morgan fingerprint density at radius 2 is 2.04 bits per heavy atom. The minimum absolute atomic E-state index is 0.107. The third-order valence-electron chi connectivity index (χ3n) is 5.36. The van der Waals surface area contributed by atoms with Crippen molar-refractivity contribution in [3.63, 3.8) is 0 Å². The molecule has 130 valence electrons. The van der Waals surface area contributed by atoms with Gasteiger partial charge in [-0.15, -0.1) is 0 Å². The molecule has 0 unspecified atom stereocenters. The van der Waals surface area contributed by atoms with Crippen molar-refractivity contribution in [2.45, 2.75) is 63.0 Å². The average Bonchev–Trinajstić information content (AvgIpc) is 3.47. The molecule has 6 heteroatoms. The lowest BCUT2D eigenvalue weighted by atomic mass is 9.90. The normalized spacial score (nSPS) is 29.5. The predicted molar refractivity (Wildman–Crippen MR) is 89.7 cm³/mol. The largest absolute Gasteiger partial charge is 0.375 e. The van der Waals surface area contributed by atoms with Gasteiger partial charge < -0.3 is 15.4 Å². The minimum Gasteiger partial charge on any atom is -0.375 e. The Labute approximate surface area is 142 Å². The molecule has 4 rings (SSSR count). The Morgan fingerprint density at radius 3 is 2.71 bits per heavy atom. The van der Waals surface area contributed by atoms with E-state index in [-0.39, 0.29) is 17.7 Å². The highest BCUT2D eigenvalue weighted by molar-refractivity contribution is 5.74. The Kier molecular flexibility index (Phi) is 4.16. The summed E-state index contributed by atoms with van der Waals surface area (Å²) in [5.74, 6) is 2.17. The Bertz CT molecular complexity index is 598. The van der Waals surface area contributed by atoms with Gasteiger partial charge in [-0.3, -0.25) is 0 Å². The lowest BCUT2D eigenvalue weighted by Crippen LogP contribution is -2.55. The van der Waals surface area contributed by atoms with Crippen molar-refractivity contribution in [1.82, 2.24) is 20.6 Å². The summed E-state index contributed by atoms with van der Waals surface area (Å²) in [5.41, 5.74) is 0.825. The lowest BCUT2D eigenvalue weighted by Gasteiger charge is -2.31. The van der Waals surface area contributed by atoms with Crippen LogP contribution in [0.25, 0.3) is 0 Å². The summed E-state index contributed by atoms with van der Waals surface area (Å²) >= 11 is 0. The van der Waals surface area contributed by atoms with Gasteiger partial charge in [0, 0.05) is 31.5 Å². The van der Waals surface area contributed by atoms with Crippen LogP contribution < -0.4 is 10.6 Å². The van der Waals surface area contributed by atoms with Gasteiger partial charge in [-0.1, -0.05) is 0 Å². The molecule has 2 N–H and O–H groups in total. The van der Waals surface area contributed by atoms with Crippen LogP contribution in [0.5, 0.6) is 0 Å². The van der Waals surface area contributed by atoms with Crippen molar-refractivity contribution >= 4 is 6.03 Å². The van der Waals surface area contributed by atoms with Crippen LogP contribution in [0.2, 0.25) is 0 Å². The van der Waals surface area contributed by atoms with Crippen molar-refractivity contribution in [2.24, 2.45) is 5.92 Å². The fourth-order valence-electron chi connectivity index (χ4n) is 3.58. The number of nitrogens with one attached hydrogen (secondary N) is 2. The Balaban J connectivity index is 1.23. The van der Waals surface area contributed by atoms with E-state index >= 15 is 0 Å². The number of nitrogens with zero attached hydrogens (tertiary/aromatic N) is 2. The number of hydrogen-bond acceptors (Lipinski definition) is 4. The van der Waals surface area contributed by atoms with Gasteiger partial charge in [0.15, 0.2) is 0 Å². The SMILES string of the molecule is C[C@]1(NC(=O)NCCc2cnc(C3CC3)nc2)CCO[C@H]1C1CC1. The zero-order valence-electron chi connectivity index (χ0n) is 14.3. The van der Waals surface area contributed by atoms with Crippen LogP contribution >= 0.6 is 0 Å². The van der Waals surface area contributed by atoms with Gasteiger partial charge in [-0.2, -0.15) is 0 Å². The van der Waals surface area contributed by atoms with E-state index in [0.29, 0.717) is 18.4 Å². The molecular weight excluding hydrogens is 304 g/mol. The molecule has 0 aromatic carbocycles. The third-order valence-corrected chi connectivity index (χ3v) is 5.36. The second-order valence-corrected chi connectivity index (χ2v) is 7.65. The molecule has 1 saturated heterocycles. The van der Waals surface area contributed by atoms with Gasteiger partial charge in [-0.05, 0) is 56.9 Å². The topological polar surface area (TPSA) is 76.1 Å². The van der Waals surface area contributed by atoms with Gasteiger partial charge in [0.2, 0.25) is 0 Å². The fourth-order valence-corrected chi connectivity index (χ4v) is 3.58. The summed E-state index contributed by atoms with van der Waals surface area (Å²) in [6, 6.07) is -0.107. The van der Waals surface area contributed by atoms with Crippen molar-refractivity contribution in [2.75, 3.05) is 13.2 Å². The molecule has 3 aliphatic rings. The molecule has 0 bridgehead atoms. The highest BCUT2D eigenvalue weighted by Gasteiger charge is 2.48. The third kappa shape index (κ3) is 3.53. The summed E-state index contributed by atoms with van der Waals surface area (Å²) in [4.78, 5) is 21.1. The Hall–Kier alpha value is -1.69. The quantitative estimate of drug-likeness (QED) is 0.838. The number of rotatable bonds is 6. The highest BCUT2D eigenvalue weighted by Crippen LogP contribution is 2.43. The molecule has 24 heavy (non-hydrogen) atoms. The van der Waals surface area contributed by atoms with Gasteiger partial charge in [0.05, 0.1) is 11.6 Å². The monoisotopic (exact) mass is 330 g/mol. The summed E-state index contributed by atoms with van der Waals surface area (Å²) in [7, 11) is 0. The first-order valence-corrected chi connectivity index (χ1v) is 9.12. The number of ether oxygens (including phenoxy) is 1. The van der Waals surface area contributed by atoms with Gasteiger partial charge in [-0.25, -0.2) is 14.8 Å². The highest BCUT2D eigenvalue weighted by atomic mass is 16.5. The molecule has 2 heterocycles. The second kappa shape index (κ2) is 6.31. The van der Waals surface area contributed by atoms with Crippen molar-refractivity contribution in [3.8, 4) is 0 Å². The van der Waals surface area contributed by atoms with Crippen molar-refractivity contribution in [3.05, 3.63) is 23.8 Å². The van der Waals surface area contributed by atoms with Crippen LogP contribution in [0.1, 0.15) is 56.3 Å². The van der Waals surface area contributed by atoms with E-state index in [2.05, 4.69) is 27.5 Å². The number of hydrogen-bond donors (Lipinski definition) is 2. The molecule has 2 saturated carbocycles. The molecule has 1 aromatic heterocycles. The average molecular weight is 330 g/mol. The molecule has 2 atom stereocenters. The number of carbonyl (C=O) groups excluding carboxylic acids is 1. The van der Waals surface area contributed by atoms with Crippen LogP contribution in [0.3, 0.4) is 0 Å². The number of aromatic nitrogens is 2. The molecule has 1 aliphatic heterocycles. The summed E-state index contributed by atoms with van der Waals surface area (Å²) in [5, 5.41) is 6.09. The first-order valence-electron chi connectivity index (χ1n) is 9.12. The maximum Gasteiger partial charge on any atom is 0.315 e. The van der Waals surface area contributed by atoms with E-state index in [4.69, 9.17) is 4.74 Å². The predicted octanol–water partition coefficient (Wildman–Crippen LogP) is 2.15. The molecule has 0 spiro atoms. The van der Waals surface area contributed by atoms with Crippen LogP contribution in [-0.4, -0.2) is 40.8 Å². The zero-order chi connectivity index (χ0) is 16.6. The number of urea groups is 1. The zero-order valence-corrected chi connectivity index (χ0v) is 14.3. The van der Waals surface area contributed by atoms with Crippen LogP contribution in [0.15, 0.2) is 12.4 Å². The maximum atomic E-state index is 12.2. The van der Waals surface area contributed by atoms with Gasteiger partial charge in [0.1, 0.15) is 5.82 Å². The Morgan fingerprint density at radius 1 is 1.29 bits per heavy atom. The summed E-state index contributed by atoms with van der Waals surface area (Å²) in [6.07, 6.45) is 10.4. The molecule has 2 aliphatic carbocycles.